The lowest BCUT2D eigenvalue weighted by Gasteiger charge is -2.17. The van der Waals surface area contributed by atoms with Crippen LogP contribution in [-0.2, 0) is 11.2 Å². The Bertz CT molecular complexity index is 628. The summed E-state index contributed by atoms with van der Waals surface area (Å²) < 4.78 is 5.15. The maximum absolute atomic E-state index is 12.3. The van der Waals surface area contributed by atoms with Crippen molar-refractivity contribution in [2.75, 3.05) is 7.11 Å². The Morgan fingerprint density at radius 1 is 1.08 bits per heavy atom. The minimum atomic E-state index is -0.127. The fraction of sp³-hybridized carbons (Fsp3) is 0.350. The second kappa shape index (κ2) is 9.38. The summed E-state index contributed by atoms with van der Waals surface area (Å²) in [6.07, 6.45) is 1.91. The van der Waals surface area contributed by atoms with Crippen LogP contribution in [0.5, 0.6) is 5.75 Å². The number of thioether (sulfide) groups is 1. The molecular formula is C20H25NO2S. The Kier molecular flexibility index (Phi) is 7.19. The molecule has 4 heteroatoms. The molecule has 3 nitrogen and oxygen atoms in total. The summed E-state index contributed by atoms with van der Waals surface area (Å²) in [5, 5.41) is 2.98. The minimum absolute atomic E-state index is 0.0800. The third kappa shape index (κ3) is 5.93. The number of nitrogens with one attached hydrogen (secondary N) is 1. The van der Waals surface area contributed by atoms with Gasteiger partial charge in [0.1, 0.15) is 5.75 Å². The molecule has 2 atom stereocenters. The molecule has 0 bridgehead atoms. The van der Waals surface area contributed by atoms with Crippen molar-refractivity contribution in [1.29, 1.82) is 0 Å². The monoisotopic (exact) mass is 343 g/mol. The fourth-order valence-electron chi connectivity index (χ4n) is 2.37. The molecule has 2 rings (SSSR count). The number of benzene rings is 2. The van der Waals surface area contributed by atoms with E-state index in [1.54, 1.807) is 18.9 Å². The highest BCUT2D eigenvalue weighted by Crippen LogP contribution is 2.25. The van der Waals surface area contributed by atoms with E-state index in [2.05, 4.69) is 24.4 Å². The van der Waals surface area contributed by atoms with Crippen LogP contribution in [0.25, 0.3) is 0 Å². The van der Waals surface area contributed by atoms with Gasteiger partial charge >= 0.3 is 0 Å². The summed E-state index contributed by atoms with van der Waals surface area (Å²) in [4.78, 5) is 13.4. The van der Waals surface area contributed by atoms with E-state index in [4.69, 9.17) is 4.74 Å². The Morgan fingerprint density at radius 3 is 2.38 bits per heavy atom. The molecule has 2 aromatic carbocycles. The zero-order chi connectivity index (χ0) is 17.4. The summed E-state index contributed by atoms with van der Waals surface area (Å²) in [5.74, 6) is 0.905. The number of carbonyl (C=O) groups is 1. The van der Waals surface area contributed by atoms with Gasteiger partial charge in [0.2, 0.25) is 5.91 Å². The van der Waals surface area contributed by atoms with E-state index in [9.17, 15) is 4.79 Å². The van der Waals surface area contributed by atoms with Crippen molar-refractivity contribution in [2.24, 2.45) is 0 Å². The van der Waals surface area contributed by atoms with Crippen LogP contribution in [0.4, 0.5) is 0 Å². The molecular weight excluding hydrogens is 318 g/mol. The molecule has 0 saturated heterocycles. The highest BCUT2D eigenvalue weighted by molar-refractivity contribution is 8.00. The molecule has 1 amide bonds. The van der Waals surface area contributed by atoms with Crippen molar-refractivity contribution in [1.82, 2.24) is 5.32 Å². The van der Waals surface area contributed by atoms with E-state index in [1.807, 2.05) is 49.4 Å². The van der Waals surface area contributed by atoms with Crippen LogP contribution in [0.15, 0.2) is 59.5 Å². The Hall–Kier alpha value is -1.94. The topological polar surface area (TPSA) is 38.3 Å². The normalized spacial score (nSPS) is 13.1. The quantitative estimate of drug-likeness (QED) is 0.726. The van der Waals surface area contributed by atoms with E-state index < -0.39 is 0 Å². The third-order valence-corrected chi connectivity index (χ3v) is 4.95. The van der Waals surface area contributed by atoms with Gasteiger partial charge in [0.25, 0.3) is 0 Å². The number of carbonyl (C=O) groups excluding carboxylic acids is 1. The molecule has 1 N–H and O–H groups in total. The average Bonchev–Trinajstić information content (AvgIpc) is 2.61. The summed E-state index contributed by atoms with van der Waals surface area (Å²) in [6.45, 7) is 4.00. The van der Waals surface area contributed by atoms with Gasteiger partial charge in [-0.2, -0.15) is 0 Å². The summed E-state index contributed by atoms with van der Waals surface area (Å²) in [6, 6.07) is 18.3. The summed E-state index contributed by atoms with van der Waals surface area (Å²) >= 11 is 1.56. The molecule has 0 aliphatic heterocycles. The fourth-order valence-corrected chi connectivity index (χ4v) is 3.25. The predicted molar refractivity (Wildman–Crippen MR) is 101 cm³/mol. The molecule has 24 heavy (non-hydrogen) atoms. The molecule has 0 fully saturated rings. The molecule has 0 aliphatic rings. The largest absolute Gasteiger partial charge is 0.497 e. The van der Waals surface area contributed by atoms with Gasteiger partial charge in [-0.15, -0.1) is 11.8 Å². The van der Waals surface area contributed by atoms with E-state index in [-0.39, 0.29) is 17.2 Å². The smallest absolute Gasteiger partial charge is 0.233 e. The van der Waals surface area contributed by atoms with Crippen LogP contribution in [0, 0.1) is 0 Å². The van der Waals surface area contributed by atoms with Gasteiger partial charge in [0.15, 0.2) is 0 Å². The van der Waals surface area contributed by atoms with Crippen molar-refractivity contribution < 1.29 is 9.53 Å². The maximum Gasteiger partial charge on any atom is 0.233 e. The summed E-state index contributed by atoms with van der Waals surface area (Å²) in [7, 11) is 1.65. The summed E-state index contributed by atoms with van der Waals surface area (Å²) in [5.41, 5.74) is 1.30. The lowest BCUT2D eigenvalue weighted by atomic mass is 10.1. The molecule has 0 heterocycles. The van der Waals surface area contributed by atoms with E-state index in [0.717, 1.165) is 23.5 Å². The van der Waals surface area contributed by atoms with Crippen molar-refractivity contribution in [3.05, 3.63) is 60.2 Å². The zero-order valence-electron chi connectivity index (χ0n) is 14.5. The second-order valence-corrected chi connectivity index (χ2v) is 7.28. The van der Waals surface area contributed by atoms with Crippen LogP contribution in [-0.4, -0.2) is 24.3 Å². The predicted octanol–water partition coefficient (Wildman–Crippen LogP) is 4.31. The third-order valence-electron chi connectivity index (χ3n) is 3.84. The number of rotatable bonds is 8. The first-order valence-corrected chi connectivity index (χ1v) is 9.11. The number of hydrogen-bond donors (Lipinski definition) is 1. The number of methoxy groups -OCH3 is 1. The SMILES string of the molecule is COc1ccc(S[C@@H](C)C(=O)N[C@H](C)CCc2ccccc2)cc1. The van der Waals surface area contributed by atoms with Crippen LogP contribution in [0.3, 0.4) is 0 Å². The van der Waals surface area contributed by atoms with Gasteiger partial charge in [0.05, 0.1) is 12.4 Å². The number of hydrogen-bond acceptors (Lipinski definition) is 3. The molecule has 0 spiro atoms. The number of ether oxygens (including phenoxy) is 1. The molecule has 0 radical (unpaired) electrons. The van der Waals surface area contributed by atoms with Gasteiger partial charge in [-0.25, -0.2) is 0 Å². The van der Waals surface area contributed by atoms with E-state index in [0.29, 0.717) is 0 Å². The average molecular weight is 343 g/mol. The van der Waals surface area contributed by atoms with E-state index >= 15 is 0 Å². The highest BCUT2D eigenvalue weighted by Gasteiger charge is 2.16. The Labute approximate surface area is 148 Å². The second-order valence-electron chi connectivity index (χ2n) is 5.87. The Balaban J connectivity index is 1.77. The first kappa shape index (κ1) is 18.4. The molecule has 128 valence electrons. The minimum Gasteiger partial charge on any atom is -0.497 e. The van der Waals surface area contributed by atoms with Crippen LogP contribution in [0.2, 0.25) is 0 Å². The van der Waals surface area contributed by atoms with E-state index in [1.165, 1.54) is 5.56 Å². The Morgan fingerprint density at radius 2 is 1.75 bits per heavy atom. The number of aryl methyl sites for hydroxylation is 1. The molecule has 0 aromatic heterocycles. The molecule has 2 aromatic rings. The molecule has 0 aliphatic carbocycles. The standard InChI is InChI=1S/C20H25NO2S/c1-15(9-10-17-7-5-4-6-8-17)21-20(22)16(2)24-19-13-11-18(23-3)12-14-19/h4-8,11-16H,9-10H2,1-3H3,(H,21,22)/t15-,16+/m1/s1. The van der Waals surface area contributed by atoms with Crippen molar-refractivity contribution >= 4 is 17.7 Å². The highest BCUT2D eigenvalue weighted by atomic mass is 32.2. The van der Waals surface area contributed by atoms with Gasteiger partial charge < -0.3 is 10.1 Å². The van der Waals surface area contributed by atoms with Crippen LogP contribution in [0.1, 0.15) is 25.8 Å². The lowest BCUT2D eigenvalue weighted by Crippen LogP contribution is -2.37. The van der Waals surface area contributed by atoms with Crippen LogP contribution >= 0.6 is 11.8 Å². The number of amides is 1. The zero-order valence-corrected chi connectivity index (χ0v) is 15.3. The first-order valence-electron chi connectivity index (χ1n) is 8.23. The van der Waals surface area contributed by atoms with Crippen LogP contribution < -0.4 is 10.1 Å². The van der Waals surface area contributed by atoms with Crippen molar-refractivity contribution in [3.63, 3.8) is 0 Å². The lowest BCUT2D eigenvalue weighted by molar-refractivity contribution is -0.120. The molecule has 0 saturated carbocycles. The van der Waals surface area contributed by atoms with Gasteiger partial charge in [-0.05, 0) is 56.5 Å². The van der Waals surface area contributed by atoms with Gasteiger partial charge in [0, 0.05) is 10.9 Å². The molecule has 0 unspecified atom stereocenters. The van der Waals surface area contributed by atoms with Crippen molar-refractivity contribution in [2.45, 2.75) is 42.9 Å². The first-order chi connectivity index (χ1) is 11.6. The van der Waals surface area contributed by atoms with Gasteiger partial charge in [-0.1, -0.05) is 30.3 Å². The van der Waals surface area contributed by atoms with Gasteiger partial charge in [-0.3, -0.25) is 4.79 Å². The van der Waals surface area contributed by atoms with Crippen molar-refractivity contribution in [3.8, 4) is 5.75 Å². The maximum atomic E-state index is 12.3.